The van der Waals surface area contributed by atoms with Crippen molar-refractivity contribution in [2.24, 2.45) is 7.05 Å². The van der Waals surface area contributed by atoms with Gasteiger partial charge in [0.05, 0.1) is 0 Å². The third-order valence-corrected chi connectivity index (χ3v) is 4.47. The van der Waals surface area contributed by atoms with Crippen LogP contribution in [0.25, 0.3) is 0 Å². The van der Waals surface area contributed by atoms with Crippen LogP contribution in [0.1, 0.15) is 17.3 Å². The van der Waals surface area contributed by atoms with E-state index in [0.717, 1.165) is 9.46 Å². The number of H-pyrrole nitrogens is 1. The van der Waals surface area contributed by atoms with Crippen LogP contribution in [0.15, 0.2) is 44.8 Å². The van der Waals surface area contributed by atoms with Crippen LogP contribution >= 0.6 is 11.8 Å². The molecule has 0 fully saturated rings. The standard InChI is InChI=1S/C16H17N3O5S/c1-9(25-10-6-4-3-5-7-10)15(22)24-8-11(20)12-13(17)19(2)16(23)18-14(12)21/h3-7,9H,8,17H2,1-2H3,(H,18,21,23)/t9-/m1/s1. The van der Waals surface area contributed by atoms with Crippen molar-refractivity contribution in [3.63, 3.8) is 0 Å². The summed E-state index contributed by atoms with van der Waals surface area (Å²) < 4.78 is 5.90. The average molecular weight is 363 g/mol. The summed E-state index contributed by atoms with van der Waals surface area (Å²) in [4.78, 5) is 50.2. The minimum Gasteiger partial charge on any atom is -0.456 e. The van der Waals surface area contributed by atoms with Crippen LogP contribution in [0.2, 0.25) is 0 Å². The summed E-state index contributed by atoms with van der Waals surface area (Å²) in [6.45, 7) is 1.02. The number of carbonyl (C=O) groups excluding carboxylic acids is 2. The lowest BCUT2D eigenvalue weighted by molar-refractivity contribution is -0.141. The lowest BCUT2D eigenvalue weighted by Gasteiger charge is -2.11. The van der Waals surface area contributed by atoms with Crippen LogP contribution in [0.5, 0.6) is 0 Å². The smallest absolute Gasteiger partial charge is 0.329 e. The first-order valence-electron chi connectivity index (χ1n) is 7.31. The average Bonchev–Trinajstić information content (AvgIpc) is 2.58. The van der Waals surface area contributed by atoms with Crippen LogP contribution in [0.3, 0.4) is 0 Å². The zero-order chi connectivity index (χ0) is 18.6. The molecule has 0 aliphatic heterocycles. The van der Waals surface area contributed by atoms with Gasteiger partial charge in [-0.2, -0.15) is 0 Å². The molecule has 0 aliphatic rings. The number of benzene rings is 1. The number of rotatable bonds is 6. The molecule has 0 unspecified atom stereocenters. The third kappa shape index (κ3) is 4.38. The Morgan fingerprint density at radius 1 is 1.28 bits per heavy atom. The molecule has 0 amide bonds. The Balaban J connectivity index is 2.03. The first-order valence-corrected chi connectivity index (χ1v) is 8.19. The molecular formula is C16H17N3O5S. The number of thioether (sulfide) groups is 1. The van der Waals surface area contributed by atoms with E-state index in [1.54, 1.807) is 6.92 Å². The molecule has 0 bridgehead atoms. The van der Waals surface area contributed by atoms with Crippen molar-refractivity contribution in [3.05, 3.63) is 56.7 Å². The fourth-order valence-electron chi connectivity index (χ4n) is 1.98. The number of hydrogen-bond donors (Lipinski definition) is 2. The van der Waals surface area contributed by atoms with Crippen molar-refractivity contribution in [1.29, 1.82) is 0 Å². The first-order chi connectivity index (χ1) is 11.8. The number of ether oxygens (including phenoxy) is 1. The molecular weight excluding hydrogens is 346 g/mol. The summed E-state index contributed by atoms with van der Waals surface area (Å²) in [6, 6.07) is 9.26. The Morgan fingerprint density at radius 2 is 1.92 bits per heavy atom. The number of anilines is 1. The van der Waals surface area contributed by atoms with Crippen LogP contribution in [-0.4, -0.2) is 33.2 Å². The Bertz CT molecular complexity index is 904. The molecule has 3 N–H and O–H groups in total. The third-order valence-electron chi connectivity index (χ3n) is 3.38. The molecule has 0 radical (unpaired) electrons. The summed E-state index contributed by atoms with van der Waals surface area (Å²) in [5.74, 6) is -1.65. The van der Waals surface area contributed by atoms with Crippen molar-refractivity contribution in [1.82, 2.24) is 9.55 Å². The largest absolute Gasteiger partial charge is 0.456 e. The van der Waals surface area contributed by atoms with Gasteiger partial charge in [0.1, 0.15) is 16.6 Å². The highest BCUT2D eigenvalue weighted by Gasteiger charge is 2.22. The van der Waals surface area contributed by atoms with E-state index in [2.05, 4.69) is 0 Å². The van der Waals surface area contributed by atoms with Gasteiger partial charge in [-0.25, -0.2) is 4.79 Å². The van der Waals surface area contributed by atoms with E-state index < -0.39 is 40.4 Å². The van der Waals surface area contributed by atoms with Gasteiger partial charge < -0.3 is 10.5 Å². The number of nitrogens with one attached hydrogen (secondary N) is 1. The van der Waals surface area contributed by atoms with Gasteiger partial charge in [-0.05, 0) is 19.1 Å². The molecule has 1 atom stereocenters. The number of aromatic nitrogens is 2. The Kier molecular flexibility index (Phi) is 5.81. The molecule has 25 heavy (non-hydrogen) atoms. The van der Waals surface area contributed by atoms with E-state index in [0.29, 0.717) is 0 Å². The normalized spacial score (nSPS) is 11.8. The summed E-state index contributed by atoms with van der Waals surface area (Å²) in [5, 5.41) is -0.536. The number of nitrogens with two attached hydrogens (primary N) is 1. The lowest BCUT2D eigenvalue weighted by atomic mass is 10.2. The van der Waals surface area contributed by atoms with Crippen molar-refractivity contribution in [2.45, 2.75) is 17.1 Å². The number of aromatic amines is 1. The van der Waals surface area contributed by atoms with Crippen LogP contribution in [0.4, 0.5) is 5.82 Å². The zero-order valence-electron chi connectivity index (χ0n) is 13.6. The fraction of sp³-hybridized carbons (Fsp3) is 0.250. The summed E-state index contributed by atoms with van der Waals surface area (Å²) in [6.07, 6.45) is 0. The van der Waals surface area contributed by atoms with Crippen molar-refractivity contribution < 1.29 is 14.3 Å². The van der Waals surface area contributed by atoms with E-state index in [1.807, 2.05) is 35.3 Å². The molecule has 0 saturated heterocycles. The van der Waals surface area contributed by atoms with E-state index >= 15 is 0 Å². The highest BCUT2D eigenvalue weighted by molar-refractivity contribution is 8.00. The van der Waals surface area contributed by atoms with E-state index in [4.69, 9.17) is 10.5 Å². The molecule has 1 heterocycles. The van der Waals surface area contributed by atoms with Gasteiger partial charge >= 0.3 is 11.7 Å². The van der Waals surface area contributed by atoms with Gasteiger partial charge in [0.25, 0.3) is 5.56 Å². The predicted molar refractivity (Wildman–Crippen MR) is 93.8 cm³/mol. The molecule has 1 aromatic heterocycles. The Labute approximate surface area is 147 Å². The number of ketones is 1. The Morgan fingerprint density at radius 3 is 2.56 bits per heavy atom. The highest BCUT2D eigenvalue weighted by Crippen LogP contribution is 2.23. The van der Waals surface area contributed by atoms with Crippen LogP contribution < -0.4 is 17.0 Å². The molecule has 2 aromatic rings. The molecule has 0 aliphatic carbocycles. The predicted octanol–water partition coefficient (Wildman–Crippen LogP) is 0.562. The van der Waals surface area contributed by atoms with Crippen LogP contribution in [-0.2, 0) is 16.6 Å². The number of nitrogen functional groups attached to an aromatic ring is 1. The number of carbonyl (C=O) groups is 2. The van der Waals surface area contributed by atoms with Crippen molar-refractivity contribution in [3.8, 4) is 0 Å². The minimum atomic E-state index is -0.909. The van der Waals surface area contributed by atoms with Gasteiger partial charge in [0.2, 0.25) is 5.78 Å². The zero-order valence-corrected chi connectivity index (χ0v) is 14.5. The molecule has 0 saturated carbocycles. The van der Waals surface area contributed by atoms with E-state index in [1.165, 1.54) is 18.8 Å². The Hall–Kier alpha value is -2.81. The quantitative estimate of drug-likeness (QED) is 0.436. The minimum absolute atomic E-state index is 0.276. The second-order valence-electron chi connectivity index (χ2n) is 5.18. The number of esters is 1. The highest BCUT2D eigenvalue weighted by atomic mass is 32.2. The molecule has 132 valence electrons. The summed E-state index contributed by atoms with van der Waals surface area (Å²) in [5.41, 5.74) is 3.59. The van der Waals surface area contributed by atoms with E-state index in [9.17, 15) is 19.2 Å². The van der Waals surface area contributed by atoms with Crippen molar-refractivity contribution in [2.75, 3.05) is 12.3 Å². The van der Waals surface area contributed by atoms with Gasteiger partial charge in [-0.1, -0.05) is 18.2 Å². The molecule has 8 nitrogen and oxygen atoms in total. The summed E-state index contributed by atoms with van der Waals surface area (Å²) in [7, 11) is 1.31. The van der Waals surface area contributed by atoms with Crippen molar-refractivity contribution >= 4 is 29.3 Å². The first kappa shape index (κ1) is 18.5. The topological polar surface area (TPSA) is 124 Å². The van der Waals surface area contributed by atoms with Gasteiger partial charge in [-0.3, -0.25) is 23.9 Å². The molecule has 2 rings (SSSR count). The van der Waals surface area contributed by atoms with Gasteiger partial charge in [0, 0.05) is 11.9 Å². The molecule has 1 aromatic carbocycles. The maximum absolute atomic E-state index is 12.1. The number of Topliss-reactive ketones (excluding diaryl/α,β-unsaturated/α-hetero) is 1. The SMILES string of the molecule is C[C@@H](Sc1ccccc1)C(=O)OCC(=O)c1c(N)n(C)c(=O)[nH]c1=O. The monoisotopic (exact) mass is 363 g/mol. The lowest BCUT2D eigenvalue weighted by Crippen LogP contribution is -2.36. The fourth-order valence-corrected chi connectivity index (χ4v) is 2.87. The van der Waals surface area contributed by atoms with Crippen LogP contribution in [0, 0.1) is 0 Å². The second kappa shape index (κ2) is 7.84. The molecule has 9 heteroatoms. The second-order valence-corrected chi connectivity index (χ2v) is 6.60. The van der Waals surface area contributed by atoms with Gasteiger partial charge in [0.15, 0.2) is 6.61 Å². The van der Waals surface area contributed by atoms with E-state index in [-0.39, 0.29) is 5.82 Å². The maximum atomic E-state index is 12.1. The molecule has 0 spiro atoms. The number of nitrogens with zero attached hydrogens (tertiary/aromatic N) is 1. The summed E-state index contributed by atoms with van der Waals surface area (Å²) >= 11 is 1.29. The van der Waals surface area contributed by atoms with Gasteiger partial charge in [-0.15, -0.1) is 11.8 Å². The maximum Gasteiger partial charge on any atom is 0.329 e. The number of hydrogen-bond acceptors (Lipinski definition) is 7.